The van der Waals surface area contributed by atoms with Gasteiger partial charge in [-0.3, -0.25) is 19.2 Å². The molecule has 0 saturated carbocycles. The molecule has 2 aromatic carbocycles. The normalized spacial score (nSPS) is 10.9. The van der Waals surface area contributed by atoms with Crippen molar-refractivity contribution in [2.24, 2.45) is 0 Å². The zero-order valence-corrected chi connectivity index (χ0v) is 17.2. The fraction of sp³-hybridized carbons (Fsp3) is 0.0400. The molecule has 32 heavy (non-hydrogen) atoms. The summed E-state index contributed by atoms with van der Waals surface area (Å²) in [6.07, 6.45) is 7.02. The first-order valence-electron chi connectivity index (χ1n) is 10.0. The Morgan fingerprint density at radius 1 is 0.969 bits per heavy atom. The van der Waals surface area contributed by atoms with E-state index >= 15 is 0 Å². The number of aromatic nitrogens is 4. The third kappa shape index (κ3) is 3.60. The molecule has 0 atom stereocenters. The van der Waals surface area contributed by atoms with Crippen LogP contribution in [0.5, 0.6) is 0 Å². The lowest BCUT2D eigenvalue weighted by atomic mass is 10.0. The fourth-order valence-corrected chi connectivity index (χ4v) is 3.58. The van der Waals surface area contributed by atoms with Gasteiger partial charge in [0.1, 0.15) is 11.5 Å². The number of imidazole rings is 1. The van der Waals surface area contributed by atoms with Crippen LogP contribution in [0.2, 0.25) is 0 Å². The molecule has 5 rings (SSSR count). The SMILES string of the molecule is Cc1ccc(-c2nccn3c(-c4ccccn4)ncc23)cc1C(=O)Nc1ccc(F)cc1. The molecule has 0 saturated heterocycles. The summed E-state index contributed by atoms with van der Waals surface area (Å²) in [7, 11) is 0. The maximum atomic E-state index is 13.2. The summed E-state index contributed by atoms with van der Waals surface area (Å²) >= 11 is 0. The Bertz CT molecular complexity index is 1430. The number of carbonyl (C=O) groups is 1. The molecule has 0 fully saturated rings. The van der Waals surface area contributed by atoms with Crippen LogP contribution in [0.15, 0.2) is 85.5 Å². The second-order valence-electron chi connectivity index (χ2n) is 7.32. The number of nitrogens with zero attached hydrogens (tertiary/aromatic N) is 4. The lowest BCUT2D eigenvalue weighted by Crippen LogP contribution is -2.13. The summed E-state index contributed by atoms with van der Waals surface area (Å²) in [5, 5.41) is 2.82. The van der Waals surface area contributed by atoms with E-state index in [1.165, 1.54) is 24.3 Å². The first-order valence-corrected chi connectivity index (χ1v) is 10.0. The number of fused-ring (bicyclic) bond motifs is 1. The van der Waals surface area contributed by atoms with Gasteiger partial charge in [0.25, 0.3) is 5.91 Å². The zero-order valence-electron chi connectivity index (χ0n) is 17.2. The van der Waals surface area contributed by atoms with Crippen LogP contribution in [-0.4, -0.2) is 25.3 Å². The zero-order chi connectivity index (χ0) is 22.1. The lowest BCUT2D eigenvalue weighted by Gasteiger charge is -2.11. The Morgan fingerprint density at radius 2 is 1.81 bits per heavy atom. The molecular formula is C25H18FN5O. The minimum atomic E-state index is -0.355. The number of anilines is 1. The molecule has 3 heterocycles. The molecule has 0 aliphatic heterocycles. The quantitative estimate of drug-likeness (QED) is 0.434. The number of rotatable bonds is 4. The summed E-state index contributed by atoms with van der Waals surface area (Å²) < 4.78 is 15.1. The van der Waals surface area contributed by atoms with Crippen LogP contribution in [0.25, 0.3) is 28.3 Å². The van der Waals surface area contributed by atoms with Gasteiger partial charge < -0.3 is 5.32 Å². The Hall–Kier alpha value is -4.39. The Morgan fingerprint density at radius 3 is 2.59 bits per heavy atom. The maximum absolute atomic E-state index is 13.2. The van der Waals surface area contributed by atoms with E-state index in [2.05, 4.69) is 20.3 Å². The third-order valence-corrected chi connectivity index (χ3v) is 5.21. The van der Waals surface area contributed by atoms with Gasteiger partial charge in [-0.2, -0.15) is 0 Å². The van der Waals surface area contributed by atoms with E-state index in [0.717, 1.165) is 22.3 Å². The Labute approximate surface area is 183 Å². The molecule has 5 aromatic rings. The molecule has 0 aliphatic rings. The fourth-order valence-electron chi connectivity index (χ4n) is 3.58. The van der Waals surface area contributed by atoms with Gasteiger partial charge in [-0.05, 0) is 55.0 Å². The number of carbonyl (C=O) groups excluding carboxylic acids is 1. The minimum Gasteiger partial charge on any atom is -0.322 e. The van der Waals surface area contributed by atoms with Crippen molar-refractivity contribution in [3.63, 3.8) is 0 Å². The van der Waals surface area contributed by atoms with E-state index in [9.17, 15) is 9.18 Å². The molecule has 0 spiro atoms. The van der Waals surface area contributed by atoms with Crippen LogP contribution in [0.3, 0.4) is 0 Å². The average Bonchev–Trinajstić information content (AvgIpc) is 3.26. The van der Waals surface area contributed by atoms with Gasteiger partial charge in [0.05, 0.1) is 17.4 Å². The highest BCUT2D eigenvalue weighted by Gasteiger charge is 2.16. The van der Waals surface area contributed by atoms with Crippen LogP contribution < -0.4 is 5.32 Å². The molecule has 0 radical (unpaired) electrons. The third-order valence-electron chi connectivity index (χ3n) is 5.21. The molecule has 3 aromatic heterocycles. The smallest absolute Gasteiger partial charge is 0.255 e. The number of benzene rings is 2. The number of hydrogen-bond acceptors (Lipinski definition) is 4. The molecular weight excluding hydrogens is 405 g/mol. The number of amides is 1. The summed E-state index contributed by atoms with van der Waals surface area (Å²) in [5.74, 6) is 0.0856. The van der Waals surface area contributed by atoms with Crippen LogP contribution in [-0.2, 0) is 0 Å². The number of aryl methyl sites for hydroxylation is 1. The van der Waals surface area contributed by atoms with E-state index in [4.69, 9.17) is 0 Å². The number of nitrogens with one attached hydrogen (secondary N) is 1. The summed E-state index contributed by atoms with van der Waals surface area (Å²) in [5.41, 5.74) is 4.92. The predicted octanol–water partition coefficient (Wildman–Crippen LogP) is 5.16. The molecule has 0 bridgehead atoms. The van der Waals surface area contributed by atoms with Crippen molar-refractivity contribution in [3.8, 4) is 22.8 Å². The van der Waals surface area contributed by atoms with E-state index in [0.29, 0.717) is 22.8 Å². The Kier molecular flexibility index (Phi) is 4.91. The van der Waals surface area contributed by atoms with E-state index in [-0.39, 0.29) is 11.7 Å². The standard InChI is InChI=1S/C25H18FN5O/c1-16-5-6-17(14-20(16)25(32)30-19-9-7-18(26)8-10-19)23-22-15-29-24(31(22)13-12-28-23)21-4-2-3-11-27-21/h2-15H,1H3,(H,30,32). The van der Waals surface area contributed by atoms with Crippen LogP contribution in [0.1, 0.15) is 15.9 Å². The monoisotopic (exact) mass is 423 g/mol. The maximum Gasteiger partial charge on any atom is 0.255 e. The van der Waals surface area contributed by atoms with Crippen molar-refractivity contribution >= 4 is 17.1 Å². The predicted molar refractivity (Wildman–Crippen MR) is 121 cm³/mol. The van der Waals surface area contributed by atoms with Gasteiger partial charge in [0.15, 0.2) is 5.82 Å². The highest BCUT2D eigenvalue weighted by molar-refractivity contribution is 6.06. The lowest BCUT2D eigenvalue weighted by molar-refractivity contribution is 0.102. The highest BCUT2D eigenvalue weighted by atomic mass is 19.1. The summed E-state index contributed by atoms with van der Waals surface area (Å²) in [6, 6.07) is 17.0. The molecule has 6 nitrogen and oxygen atoms in total. The molecule has 0 unspecified atom stereocenters. The average molecular weight is 423 g/mol. The second kappa shape index (κ2) is 8.03. The second-order valence-corrected chi connectivity index (χ2v) is 7.32. The van der Waals surface area contributed by atoms with Gasteiger partial charge in [-0.15, -0.1) is 0 Å². The van der Waals surface area contributed by atoms with Crippen molar-refractivity contribution in [2.75, 3.05) is 5.32 Å². The molecule has 0 aliphatic carbocycles. The molecule has 1 N–H and O–H groups in total. The Balaban J connectivity index is 1.54. The summed E-state index contributed by atoms with van der Waals surface area (Å²) in [4.78, 5) is 26.4. The number of pyridine rings is 1. The van der Waals surface area contributed by atoms with Gasteiger partial charge in [0.2, 0.25) is 0 Å². The van der Waals surface area contributed by atoms with Gasteiger partial charge in [-0.25, -0.2) is 9.37 Å². The van der Waals surface area contributed by atoms with E-state index < -0.39 is 0 Å². The molecule has 156 valence electrons. The molecule has 7 heteroatoms. The number of halogens is 1. The first kappa shape index (κ1) is 19.6. The van der Waals surface area contributed by atoms with Gasteiger partial charge in [-0.1, -0.05) is 18.2 Å². The van der Waals surface area contributed by atoms with Crippen LogP contribution in [0, 0.1) is 12.7 Å². The molecule has 1 amide bonds. The van der Waals surface area contributed by atoms with Crippen molar-refractivity contribution in [1.29, 1.82) is 0 Å². The number of hydrogen-bond donors (Lipinski definition) is 1. The highest BCUT2D eigenvalue weighted by Crippen LogP contribution is 2.27. The van der Waals surface area contributed by atoms with Gasteiger partial charge in [0, 0.05) is 35.4 Å². The van der Waals surface area contributed by atoms with Gasteiger partial charge >= 0.3 is 0 Å². The minimum absolute atomic E-state index is 0.273. The van der Waals surface area contributed by atoms with Crippen molar-refractivity contribution in [3.05, 3.63) is 102 Å². The van der Waals surface area contributed by atoms with Crippen molar-refractivity contribution in [2.45, 2.75) is 6.92 Å². The topological polar surface area (TPSA) is 72.2 Å². The van der Waals surface area contributed by atoms with Crippen molar-refractivity contribution < 1.29 is 9.18 Å². The van der Waals surface area contributed by atoms with Crippen LogP contribution >= 0.6 is 0 Å². The van der Waals surface area contributed by atoms with Crippen LogP contribution in [0.4, 0.5) is 10.1 Å². The largest absolute Gasteiger partial charge is 0.322 e. The van der Waals surface area contributed by atoms with Crippen molar-refractivity contribution in [1.82, 2.24) is 19.4 Å². The summed E-state index contributed by atoms with van der Waals surface area (Å²) in [6.45, 7) is 1.87. The van der Waals surface area contributed by atoms with E-state index in [1.807, 2.05) is 53.9 Å². The van der Waals surface area contributed by atoms with E-state index in [1.54, 1.807) is 18.6 Å². The first-order chi connectivity index (χ1) is 15.6.